The molecule has 0 amide bonds. The van der Waals surface area contributed by atoms with Crippen LogP contribution in [-0.2, 0) is 31.3 Å². The van der Waals surface area contributed by atoms with Crippen LogP contribution in [0.25, 0.3) is 46.4 Å². The Morgan fingerprint density at radius 2 is 0.943 bits per heavy atom. The number of halogens is 2. The van der Waals surface area contributed by atoms with Crippen molar-refractivity contribution < 1.29 is 24.6 Å². The fourth-order valence-corrected chi connectivity index (χ4v) is 12.4. The predicted molar refractivity (Wildman–Crippen MR) is 366 cm³/mol. The van der Waals surface area contributed by atoms with Crippen LogP contribution in [0.4, 0.5) is 0 Å². The van der Waals surface area contributed by atoms with Gasteiger partial charge < -0.3 is 45.0 Å². The molecule has 0 fully saturated rings. The van der Waals surface area contributed by atoms with Crippen molar-refractivity contribution in [2.45, 2.75) is 145 Å². The maximum Gasteiger partial charge on any atom is 2.00 e. The minimum Gasteiger partial charge on any atom is -0.658 e. The summed E-state index contributed by atoms with van der Waals surface area (Å²) < 4.78 is 1.99. The summed E-state index contributed by atoms with van der Waals surface area (Å²) in [6.45, 7) is 30.1. The van der Waals surface area contributed by atoms with Crippen LogP contribution in [0.15, 0.2) is 146 Å². The summed E-state index contributed by atoms with van der Waals surface area (Å²) in [5, 5.41) is 9.45. The van der Waals surface area contributed by atoms with Crippen LogP contribution in [0.2, 0.25) is 0 Å². The van der Waals surface area contributed by atoms with Gasteiger partial charge in [0, 0.05) is 132 Å². The summed E-state index contributed by atoms with van der Waals surface area (Å²) in [4.78, 5) is 48.9. The number of allylic oxidation sites excluding steroid dienone is 2. The number of aryl methyl sites for hydroxylation is 2. The number of nitrogens with zero attached hydrogens (tertiary/aromatic N) is 6. The molecule has 0 saturated heterocycles. The predicted octanol–water partition coefficient (Wildman–Crippen LogP) is 18.4. The first-order valence-corrected chi connectivity index (χ1v) is 31.7. The molecule has 452 valence electrons. The monoisotopic (exact) mass is 1350 g/mol. The second-order valence-corrected chi connectivity index (χ2v) is 27.5. The average Bonchev–Trinajstić information content (AvgIpc) is 3.19. The minimum absolute atomic E-state index is 0. The molecule has 9 aromatic rings. The summed E-state index contributed by atoms with van der Waals surface area (Å²) in [5.41, 5.74) is 25.2. The summed E-state index contributed by atoms with van der Waals surface area (Å²) >= 11 is 6.89. The van der Waals surface area contributed by atoms with Crippen molar-refractivity contribution >= 4 is 89.7 Å². The molecule has 16 heteroatoms. The zero-order chi connectivity index (χ0) is 62.1. The third-order valence-electron chi connectivity index (χ3n) is 17.1. The molecular formula is C72H82Br2N12OZn. The van der Waals surface area contributed by atoms with Gasteiger partial charge in [-0.25, -0.2) is 4.98 Å². The molecule has 4 aliphatic rings. The Morgan fingerprint density at radius 1 is 0.500 bits per heavy atom. The van der Waals surface area contributed by atoms with Gasteiger partial charge in [0.1, 0.15) is 0 Å². The maximum atomic E-state index is 9.45. The fraction of sp³-hybridized carbons (Fsp3) is 0.333. The Bertz CT molecular complexity index is 4250. The summed E-state index contributed by atoms with van der Waals surface area (Å²) in [6.07, 6.45) is 12.9. The second-order valence-electron chi connectivity index (χ2n) is 25.8. The van der Waals surface area contributed by atoms with Gasteiger partial charge in [0.25, 0.3) is 0 Å². The van der Waals surface area contributed by atoms with Gasteiger partial charge in [-0.15, -0.1) is 22.1 Å². The molecule has 0 aromatic carbocycles. The van der Waals surface area contributed by atoms with Crippen LogP contribution < -0.4 is 9.97 Å². The van der Waals surface area contributed by atoms with Crippen LogP contribution in [0.3, 0.4) is 0 Å². The van der Waals surface area contributed by atoms with Gasteiger partial charge in [-0.05, 0) is 188 Å². The number of rotatable bonds is 9. The fourth-order valence-electron chi connectivity index (χ4n) is 11.7. The second kappa shape index (κ2) is 26.9. The minimum atomic E-state index is -0.448. The maximum absolute atomic E-state index is 9.45. The molecule has 4 atom stereocenters. The van der Waals surface area contributed by atoms with Crippen molar-refractivity contribution in [3.8, 4) is 0 Å². The Morgan fingerprint density at radius 3 is 1.39 bits per heavy atom. The van der Waals surface area contributed by atoms with Gasteiger partial charge in [0.05, 0.1) is 26.7 Å². The van der Waals surface area contributed by atoms with Gasteiger partial charge in [-0.1, -0.05) is 98.7 Å². The van der Waals surface area contributed by atoms with Crippen molar-refractivity contribution in [1.82, 2.24) is 49.8 Å². The van der Waals surface area contributed by atoms with Gasteiger partial charge >= 0.3 is 19.5 Å². The quantitative estimate of drug-likeness (QED) is 0.0706. The number of fused-ring (bicyclic) bond motifs is 8. The third kappa shape index (κ3) is 15.3. The van der Waals surface area contributed by atoms with E-state index in [1.807, 2.05) is 36.5 Å². The first-order valence-electron chi connectivity index (χ1n) is 30.1. The third-order valence-corrected chi connectivity index (χ3v) is 18.0. The largest absolute Gasteiger partial charge is 2.00 e. The van der Waals surface area contributed by atoms with Crippen molar-refractivity contribution in [3.63, 3.8) is 0 Å². The van der Waals surface area contributed by atoms with Crippen molar-refractivity contribution in [3.05, 3.63) is 221 Å². The van der Waals surface area contributed by atoms with Crippen LogP contribution in [0.1, 0.15) is 205 Å². The molecule has 13 heterocycles. The zero-order valence-electron chi connectivity index (χ0n) is 53.3. The Kier molecular flexibility index (Phi) is 20.0. The van der Waals surface area contributed by atoms with Gasteiger partial charge in [-0.2, -0.15) is 0 Å². The molecule has 9 aromatic heterocycles. The van der Waals surface area contributed by atoms with E-state index in [1.54, 1.807) is 6.92 Å². The number of H-pyrrole nitrogens is 6. The van der Waals surface area contributed by atoms with E-state index in [1.165, 1.54) is 39.9 Å². The Hall–Kier alpha value is -7.10. The number of aliphatic hydroxyl groups excluding tert-OH is 1. The van der Waals surface area contributed by atoms with Crippen LogP contribution in [0.5, 0.6) is 0 Å². The van der Waals surface area contributed by atoms with E-state index >= 15 is 0 Å². The molecule has 8 bridgehead atoms. The van der Waals surface area contributed by atoms with Gasteiger partial charge in [0.2, 0.25) is 0 Å². The molecule has 0 spiro atoms. The number of nitrogens with one attached hydrogen (secondary N) is 6. The summed E-state index contributed by atoms with van der Waals surface area (Å²) in [5.74, 6) is 0.816. The number of aromatic nitrogens is 10. The van der Waals surface area contributed by atoms with E-state index in [0.29, 0.717) is 0 Å². The van der Waals surface area contributed by atoms with Gasteiger partial charge in [0.15, 0.2) is 0 Å². The van der Waals surface area contributed by atoms with Crippen LogP contribution in [0, 0.1) is 24.7 Å². The van der Waals surface area contributed by atoms with E-state index in [-0.39, 0.29) is 53.5 Å². The molecule has 4 unspecified atom stereocenters. The first kappa shape index (κ1) is 65.4. The summed E-state index contributed by atoms with van der Waals surface area (Å²) in [6, 6.07) is 37.4. The van der Waals surface area contributed by atoms with E-state index < -0.39 is 6.10 Å². The normalized spacial score (nSPS) is 17.6. The number of aromatic amines is 6. The first-order chi connectivity index (χ1) is 41.3. The molecule has 88 heavy (non-hydrogen) atoms. The van der Waals surface area contributed by atoms with Crippen LogP contribution >= 0.6 is 31.9 Å². The molecule has 13 nitrogen and oxygen atoms in total. The standard InChI is InChI=1S/C24H29BrN4.C24H22N4.C12H15BrN2O.C12H16N2.Zn/c1-14-13-24(4,5)22(26-14)12-17-6-7-18(27-17)15(2)19-8-9-20(28-19)16(3)21-10-11-23(25)29-21;1-14-19-7-5-16(25-19)11-18-13-24(3,4)23(27-18)12-17-6-8-20(26-17)15(2)22-10-9-21(14)28-22;1-7(10-5-6-12(13)15-10)9-3-4-11(14-9)8(2)16;1-9-8-12(2,3)11(14-9)7-10-5-4-6-13-10;/h6-12,15-16,27-29H,13H2,1-5H3;5-12H,13H2,1-4H3;3-8,14-16H,1-2H3;4-7,13H,8H2,1-3H3;/q;-2;;;+2/b22-12-;;;11-7-;. The Balaban J connectivity index is 0.000000145. The topological polar surface area (TPSA) is 194 Å². The van der Waals surface area contributed by atoms with Crippen molar-refractivity contribution in [2.24, 2.45) is 20.8 Å². The summed E-state index contributed by atoms with van der Waals surface area (Å²) in [7, 11) is 0. The number of aliphatic imine (C=N–C) groups is 2. The number of hydrogen-bond donors (Lipinski definition) is 7. The Labute approximate surface area is 547 Å². The number of hydrogen-bond acceptors (Lipinski definition) is 5. The van der Waals surface area contributed by atoms with Crippen molar-refractivity contribution in [1.29, 1.82) is 0 Å². The van der Waals surface area contributed by atoms with E-state index in [0.717, 1.165) is 119 Å². The number of aliphatic hydroxyl groups is 1. The zero-order valence-corrected chi connectivity index (χ0v) is 59.4. The molecule has 7 N–H and O–H groups in total. The molecular weight excluding hydrogens is 1270 g/mol. The van der Waals surface area contributed by atoms with E-state index in [9.17, 15) is 5.11 Å². The average molecular weight is 1360 g/mol. The molecule has 0 aliphatic carbocycles. The van der Waals surface area contributed by atoms with E-state index in [4.69, 9.17) is 24.9 Å². The van der Waals surface area contributed by atoms with Gasteiger partial charge in [-0.3, -0.25) is 15.0 Å². The van der Waals surface area contributed by atoms with E-state index in [2.05, 4.69) is 260 Å². The smallest absolute Gasteiger partial charge is 0.658 e. The SMILES string of the molecule is CC(O)c1ccc(C(C)c2ccc(Br)[nH]2)[nH]1.CC1=N/C(=C\c2ccc(C(C)c3ccc(C(C)c4ccc(Br)[nH]4)[nH]3)[nH]2)C(C)(C)C1.CC1=N/C(=C\c2ccc[nH]2)C(C)(C)C1.Cc1c2nc(c(C)c3ccc(cc4nc(cc5ccc1[n-]5)CC4(C)C)[n-]3)C=C2.[Zn+2]. The molecule has 0 saturated carbocycles. The molecule has 4 aliphatic heterocycles. The molecule has 13 rings (SSSR count). The van der Waals surface area contributed by atoms with Crippen LogP contribution in [-0.4, -0.2) is 56.4 Å². The van der Waals surface area contributed by atoms with Crippen molar-refractivity contribution in [2.75, 3.05) is 0 Å². The molecule has 0 radical (unpaired) electrons.